The molecule has 7 heteroatoms. The summed E-state index contributed by atoms with van der Waals surface area (Å²) < 4.78 is 0. The van der Waals surface area contributed by atoms with E-state index in [1.807, 2.05) is 36.1 Å². The average Bonchev–Trinajstić information content (AvgIpc) is 2.97. The summed E-state index contributed by atoms with van der Waals surface area (Å²) >= 11 is 0. The third-order valence-electron chi connectivity index (χ3n) is 4.87. The van der Waals surface area contributed by atoms with Gasteiger partial charge < -0.3 is 10.2 Å². The summed E-state index contributed by atoms with van der Waals surface area (Å²) in [7, 11) is 0. The molecule has 2 aliphatic heterocycles. The number of anilines is 1. The first kappa shape index (κ1) is 16.3. The Morgan fingerprint density at radius 1 is 1.38 bits per heavy atom. The number of nitrogens with one attached hydrogen (secondary N) is 2. The van der Waals surface area contributed by atoms with Crippen molar-refractivity contribution in [3.8, 4) is 0 Å². The van der Waals surface area contributed by atoms with Crippen molar-refractivity contribution in [2.45, 2.75) is 45.2 Å². The summed E-state index contributed by atoms with van der Waals surface area (Å²) in [5.41, 5.74) is 3.70. The molecule has 0 saturated carbocycles. The molecular formula is C17H22N4O3. The number of hydrogen-bond acceptors (Lipinski definition) is 4. The molecule has 2 N–H and O–H groups in total. The van der Waals surface area contributed by atoms with Crippen LogP contribution in [0.1, 0.15) is 32.8 Å². The second-order valence-corrected chi connectivity index (χ2v) is 6.60. The zero-order valence-electron chi connectivity index (χ0n) is 14.1. The number of hydrogen-bond donors (Lipinski definition) is 2. The van der Waals surface area contributed by atoms with Crippen LogP contribution in [0.2, 0.25) is 0 Å². The van der Waals surface area contributed by atoms with Crippen LogP contribution in [0.15, 0.2) is 24.3 Å². The van der Waals surface area contributed by atoms with Crippen molar-refractivity contribution in [2.24, 2.45) is 0 Å². The molecule has 1 fully saturated rings. The van der Waals surface area contributed by atoms with Gasteiger partial charge in [-0.1, -0.05) is 25.1 Å². The number of urea groups is 1. The quantitative estimate of drug-likeness (QED) is 0.813. The van der Waals surface area contributed by atoms with Gasteiger partial charge in [-0.2, -0.15) is 5.01 Å². The van der Waals surface area contributed by atoms with Gasteiger partial charge >= 0.3 is 6.03 Å². The first-order valence-electron chi connectivity index (χ1n) is 8.16. The van der Waals surface area contributed by atoms with Gasteiger partial charge in [-0.15, -0.1) is 0 Å². The van der Waals surface area contributed by atoms with E-state index in [0.29, 0.717) is 6.42 Å². The van der Waals surface area contributed by atoms with E-state index in [4.69, 9.17) is 0 Å². The minimum Gasteiger partial charge on any atom is -0.359 e. The first-order valence-corrected chi connectivity index (χ1v) is 8.16. The van der Waals surface area contributed by atoms with Crippen LogP contribution < -0.4 is 15.6 Å². The van der Waals surface area contributed by atoms with E-state index in [0.717, 1.165) is 17.1 Å². The molecule has 3 rings (SSSR count). The van der Waals surface area contributed by atoms with E-state index in [9.17, 15) is 14.4 Å². The molecule has 0 aromatic heterocycles. The molecule has 1 aromatic carbocycles. The van der Waals surface area contributed by atoms with Crippen LogP contribution in [-0.2, 0) is 16.0 Å². The largest absolute Gasteiger partial charge is 0.359 e. The normalized spacial score (nSPS) is 25.7. The Kier molecular flexibility index (Phi) is 3.95. The number of nitrogens with zero attached hydrogens (tertiary/aromatic N) is 2. The minimum absolute atomic E-state index is 0.0953. The van der Waals surface area contributed by atoms with Crippen LogP contribution in [-0.4, -0.2) is 41.0 Å². The molecule has 2 aliphatic rings. The molecule has 1 saturated heterocycles. The van der Waals surface area contributed by atoms with Gasteiger partial charge in [-0.25, -0.2) is 4.79 Å². The van der Waals surface area contributed by atoms with Gasteiger partial charge in [0.05, 0.1) is 6.54 Å². The van der Waals surface area contributed by atoms with Crippen LogP contribution in [0.5, 0.6) is 0 Å². The molecule has 7 nitrogen and oxygen atoms in total. The van der Waals surface area contributed by atoms with Gasteiger partial charge in [0.15, 0.2) is 0 Å². The smallest absolute Gasteiger partial charge is 0.344 e. The summed E-state index contributed by atoms with van der Waals surface area (Å²) in [6, 6.07) is 7.55. The van der Waals surface area contributed by atoms with Gasteiger partial charge in [-0.3, -0.25) is 15.0 Å². The molecule has 0 spiro atoms. The number of hydrazine groups is 1. The fraction of sp³-hybridized carbons (Fsp3) is 0.471. The second kappa shape index (κ2) is 5.81. The molecule has 2 atom stereocenters. The maximum Gasteiger partial charge on any atom is 0.344 e. The maximum atomic E-state index is 12.4. The van der Waals surface area contributed by atoms with Crippen molar-refractivity contribution in [3.63, 3.8) is 0 Å². The van der Waals surface area contributed by atoms with Gasteiger partial charge in [0.2, 0.25) is 0 Å². The van der Waals surface area contributed by atoms with Crippen molar-refractivity contribution in [1.82, 2.24) is 15.8 Å². The number of benzene rings is 1. The standard InChI is InChI=1S/C17H22N4O3/c1-4-17(3)15(23)21(16(24)18-17)19-14(22)10-20-11(2)9-12-7-5-6-8-13(12)20/h5-8,11H,4,9-10H2,1-3H3,(H,18,24)(H,19,22). The monoisotopic (exact) mass is 330 g/mol. The molecule has 2 unspecified atom stereocenters. The molecule has 0 bridgehead atoms. The molecule has 1 aromatic rings. The third-order valence-corrected chi connectivity index (χ3v) is 4.87. The number of imide groups is 1. The number of para-hydroxylation sites is 1. The summed E-state index contributed by atoms with van der Waals surface area (Å²) in [6.45, 7) is 5.61. The van der Waals surface area contributed by atoms with E-state index < -0.39 is 17.5 Å². The lowest BCUT2D eigenvalue weighted by molar-refractivity contribution is -0.138. The van der Waals surface area contributed by atoms with Crippen LogP contribution in [0.3, 0.4) is 0 Å². The van der Waals surface area contributed by atoms with E-state index in [2.05, 4.69) is 17.7 Å². The average molecular weight is 330 g/mol. The highest BCUT2D eigenvalue weighted by molar-refractivity contribution is 6.07. The van der Waals surface area contributed by atoms with Crippen molar-refractivity contribution in [1.29, 1.82) is 0 Å². The molecule has 0 aliphatic carbocycles. The third kappa shape index (κ3) is 2.60. The highest BCUT2D eigenvalue weighted by atomic mass is 16.2. The Labute approximate surface area is 141 Å². The Bertz CT molecular complexity index is 705. The summed E-state index contributed by atoms with van der Waals surface area (Å²) in [5.74, 6) is -0.819. The number of rotatable bonds is 4. The number of carbonyl (C=O) groups is 3. The van der Waals surface area contributed by atoms with E-state index in [1.165, 1.54) is 5.56 Å². The Hall–Kier alpha value is -2.57. The Balaban J connectivity index is 1.69. The number of carbonyl (C=O) groups excluding carboxylic acids is 3. The van der Waals surface area contributed by atoms with Crippen LogP contribution in [0.4, 0.5) is 10.5 Å². The van der Waals surface area contributed by atoms with Gasteiger partial charge in [0, 0.05) is 11.7 Å². The van der Waals surface area contributed by atoms with E-state index >= 15 is 0 Å². The zero-order valence-corrected chi connectivity index (χ0v) is 14.1. The Morgan fingerprint density at radius 2 is 2.08 bits per heavy atom. The molecule has 4 amide bonds. The molecular weight excluding hydrogens is 308 g/mol. The summed E-state index contributed by atoms with van der Waals surface area (Å²) in [4.78, 5) is 38.6. The lowest BCUT2D eigenvalue weighted by Gasteiger charge is -2.25. The number of amides is 4. The van der Waals surface area contributed by atoms with Crippen molar-refractivity contribution in [3.05, 3.63) is 29.8 Å². The SMILES string of the molecule is CCC1(C)NC(=O)N(NC(=O)CN2c3ccccc3CC2C)C1=O. The predicted octanol–water partition coefficient (Wildman–Crippen LogP) is 1.19. The fourth-order valence-electron chi connectivity index (χ4n) is 3.21. The molecule has 24 heavy (non-hydrogen) atoms. The molecule has 128 valence electrons. The van der Waals surface area contributed by atoms with E-state index in [-0.39, 0.29) is 18.5 Å². The van der Waals surface area contributed by atoms with Gasteiger partial charge in [-0.05, 0) is 38.3 Å². The lowest BCUT2D eigenvalue weighted by Crippen LogP contribution is -2.51. The van der Waals surface area contributed by atoms with Crippen molar-refractivity contribution < 1.29 is 14.4 Å². The van der Waals surface area contributed by atoms with Crippen LogP contribution in [0, 0.1) is 0 Å². The summed E-state index contributed by atoms with van der Waals surface area (Å²) in [6.07, 6.45) is 1.33. The van der Waals surface area contributed by atoms with Crippen LogP contribution >= 0.6 is 0 Å². The van der Waals surface area contributed by atoms with Crippen molar-refractivity contribution >= 4 is 23.5 Å². The predicted molar refractivity (Wildman–Crippen MR) is 89.2 cm³/mol. The summed E-state index contributed by atoms with van der Waals surface area (Å²) in [5, 5.41) is 3.40. The minimum atomic E-state index is -0.960. The van der Waals surface area contributed by atoms with Crippen LogP contribution in [0.25, 0.3) is 0 Å². The fourth-order valence-corrected chi connectivity index (χ4v) is 3.21. The maximum absolute atomic E-state index is 12.4. The first-order chi connectivity index (χ1) is 11.4. The topological polar surface area (TPSA) is 81.8 Å². The van der Waals surface area contributed by atoms with Crippen molar-refractivity contribution in [2.75, 3.05) is 11.4 Å². The van der Waals surface area contributed by atoms with E-state index in [1.54, 1.807) is 6.92 Å². The number of fused-ring (bicyclic) bond motifs is 1. The second-order valence-electron chi connectivity index (χ2n) is 6.60. The highest BCUT2D eigenvalue weighted by Gasteiger charge is 2.47. The van der Waals surface area contributed by atoms with Gasteiger partial charge in [0.25, 0.3) is 11.8 Å². The zero-order chi connectivity index (χ0) is 17.5. The highest BCUT2D eigenvalue weighted by Crippen LogP contribution is 2.31. The van der Waals surface area contributed by atoms with Gasteiger partial charge in [0.1, 0.15) is 5.54 Å². The molecule has 0 radical (unpaired) electrons. The lowest BCUT2D eigenvalue weighted by atomic mass is 10.00. The Morgan fingerprint density at radius 3 is 2.75 bits per heavy atom. The molecule has 2 heterocycles.